The number of nitrogens with one attached hydrogen (secondary N) is 1. The third kappa shape index (κ3) is 4.18. The quantitative estimate of drug-likeness (QED) is 0.896. The number of hydrogen-bond donors (Lipinski definition) is 2. The minimum atomic E-state index is -0.224. The zero-order valence-corrected chi connectivity index (χ0v) is 11.0. The van der Waals surface area contributed by atoms with E-state index in [1.807, 2.05) is 6.92 Å². The molecular formula is C10H13Cl3N2O. The van der Waals surface area contributed by atoms with Gasteiger partial charge in [0.25, 0.3) is 0 Å². The Morgan fingerprint density at radius 2 is 2.12 bits per heavy atom. The van der Waals surface area contributed by atoms with Crippen LogP contribution in [0, 0.1) is 0 Å². The van der Waals surface area contributed by atoms with E-state index in [-0.39, 0.29) is 30.9 Å². The van der Waals surface area contributed by atoms with Gasteiger partial charge in [-0.1, -0.05) is 23.2 Å². The Hall–Kier alpha value is -0.480. The molecule has 1 unspecified atom stereocenters. The summed E-state index contributed by atoms with van der Waals surface area (Å²) in [7, 11) is 0. The molecule has 0 saturated heterocycles. The Balaban J connectivity index is 0.00000225. The van der Waals surface area contributed by atoms with Crippen LogP contribution in [0.3, 0.4) is 0 Å². The maximum atomic E-state index is 11.1. The van der Waals surface area contributed by atoms with Crippen molar-refractivity contribution in [1.29, 1.82) is 0 Å². The molecule has 0 saturated carbocycles. The number of amides is 1. The number of halogens is 3. The summed E-state index contributed by atoms with van der Waals surface area (Å²) in [5.41, 5.74) is 5.98. The molecule has 1 rings (SSSR count). The van der Waals surface area contributed by atoms with Gasteiger partial charge in [-0.05, 0) is 30.7 Å². The molecule has 0 aliphatic carbocycles. The summed E-state index contributed by atoms with van der Waals surface area (Å²) in [6.07, 6.45) is 0. The molecule has 3 nitrogen and oxygen atoms in total. The van der Waals surface area contributed by atoms with E-state index in [2.05, 4.69) is 5.32 Å². The van der Waals surface area contributed by atoms with Gasteiger partial charge in [0.2, 0.25) is 5.91 Å². The molecule has 0 aliphatic rings. The van der Waals surface area contributed by atoms with E-state index >= 15 is 0 Å². The molecule has 0 aliphatic heterocycles. The van der Waals surface area contributed by atoms with Crippen LogP contribution in [0.5, 0.6) is 0 Å². The van der Waals surface area contributed by atoms with Gasteiger partial charge in [-0.2, -0.15) is 0 Å². The molecule has 16 heavy (non-hydrogen) atoms. The van der Waals surface area contributed by atoms with Gasteiger partial charge < -0.3 is 11.1 Å². The van der Waals surface area contributed by atoms with Crippen LogP contribution in [-0.2, 0) is 4.79 Å². The van der Waals surface area contributed by atoms with Crippen LogP contribution in [0.4, 0.5) is 0 Å². The van der Waals surface area contributed by atoms with E-state index in [0.29, 0.717) is 10.0 Å². The fourth-order valence-electron chi connectivity index (χ4n) is 1.22. The molecule has 1 aromatic carbocycles. The van der Waals surface area contributed by atoms with Crippen LogP contribution in [0.1, 0.15) is 18.5 Å². The smallest absolute Gasteiger partial charge is 0.234 e. The van der Waals surface area contributed by atoms with Crippen molar-refractivity contribution in [3.63, 3.8) is 0 Å². The van der Waals surface area contributed by atoms with Crippen molar-refractivity contribution in [3.8, 4) is 0 Å². The van der Waals surface area contributed by atoms with E-state index in [4.69, 9.17) is 28.9 Å². The van der Waals surface area contributed by atoms with E-state index in [9.17, 15) is 4.79 Å². The first-order chi connectivity index (χ1) is 7.04. The summed E-state index contributed by atoms with van der Waals surface area (Å²) >= 11 is 11.8. The van der Waals surface area contributed by atoms with Gasteiger partial charge in [0.1, 0.15) is 0 Å². The maximum absolute atomic E-state index is 11.1. The Bertz CT molecular complexity index is 371. The summed E-state index contributed by atoms with van der Waals surface area (Å²) in [6, 6.07) is 4.92. The first-order valence-electron chi connectivity index (χ1n) is 4.49. The van der Waals surface area contributed by atoms with Crippen LogP contribution in [0.2, 0.25) is 10.0 Å². The molecule has 6 heteroatoms. The van der Waals surface area contributed by atoms with Crippen LogP contribution in [0.25, 0.3) is 0 Å². The van der Waals surface area contributed by atoms with E-state index in [1.54, 1.807) is 18.2 Å². The molecule has 0 spiro atoms. The Kier molecular flexibility index (Phi) is 6.76. The molecule has 0 heterocycles. The van der Waals surface area contributed by atoms with Gasteiger partial charge in [0, 0.05) is 10.0 Å². The topological polar surface area (TPSA) is 55.1 Å². The molecule has 90 valence electrons. The van der Waals surface area contributed by atoms with E-state index in [0.717, 1.165) is 5.56 Å². The minimum Gasteiger partial charge on any atom is -0.348 e. The van der Waals surface area contributed by atoms with Gasteiger partial charge in [-0.15, -0.1) is 12.4 Å². The van der Waals surface area contributed by atoms with Crippen molar-refractivity contribution in [2.45, 2.75) is 13.0 Å². The number of carbonyl (C=O) groups excluding carboxylic acids is 1. The standard InChI is InChI=1S/C10H12Cl2N2O.ClH/c1-6(14-10(15)5-13)8-4-7(11)2-3-9(8)12;/h2-4,6H,5,13H2,1H3,(H,14,15);1H. The van der Waals surface area contributed by atoms with Gasteiger partial charge in [0.05, 0.1) is 12.6 Å². The molecule has 3 N–H and O–H groups in total. The largest absolute Gasteiger partial charge is 0.348 e. The first-order valence-corrected chi connectivity index (χ1v) is 5.24. The van der Waals surface area contributed by atoms with E-state index < -0.39 is 0 Å². The number of hydrogen-bond acceptors (Lipinski definition) is 2. The zero-order chi connectivity index (χ0) is 11.4. The Morgan fingerprint density at radius 3 is 2.69 bits per heavy atom. The molecule has 0 bridgehead atoms. The molecule has 0 radical (unpaired) electrons. The van der Waals surface area contributed by atoms with Gasteiger partial charge in [-0.3, -0.25) is 4.79 Å². The molecule has 1 amide bonds. The highest BCUT2D eigenvalue weighted by Gasteiger charge is 2.11. The van der Waals surface area contributed by atoms with Crippen LogP contribution >= 0.6 is 35.6 Å². The first kappa shape index (κ1) is 15.5. The SMILES string of the molecule is CC(NC(=O)CN)c1cc(Cl)ccc1Cl.Cl. The number of rotatable bonds is 3. The van der Waals surface area contributed by atoms with Crippen molar-refractivity contribution in [2.75, 3.05) is 6.54 Å². The lowest BCUT2D eigenvalue weighted by Gasteiger charge is -2.15. The molecule has 1 atom stereocenters. The minimum absolute atomic E-state index is 0. The Morgan fingerprint density at radius 1 is 1.50 bits per heavy atom. The fourth-order valence-corrected chi connectivity index (χ4v) is 1.69. The highest BCUT2D eigenvalue weighted by Crippen LogP contribution is 2.25. The van der Waals surface area contributed by atoms with Crippen LogP contribution < -0.4 is 11.1 Å². The van der Waals surface area contributed by atoms with Gasteiger partial charge in [0.15, 0.2) is 0 Å². The van der Waals surface area contributed by atoms with Crippen molar-refractivity contribution in [2.24, 2.45) is 5.73 Å². The highest BCUT2D eigenvalue weighted by atomic mass is 35.5. The Labute approximate surface area is 111 Å². The summed E-state index contributed by atoms with van der Waals surface area (Å²) in [5.74, 6) is -0.224. The average Bonchev–Trinajstić information content (AvgIpc) is 2.21. The molecule has 1 aromatic rings. The second-order valence-corrected chi connectivity index (χ2v) is 4.00. The average molecular weight is 284 g/mol. The number of carbonyl (C=O) groups is 1. The third-order valence-corrected chi connectivity index (χ3v) is 2.57. The predicted molar refractivity (Wildman–Crippen MR) is 69.3 cm³/mol. The molecular weight excluding hydrogens is 270 g/mol. The second kappa shape index (κ2) is 6.97. The summed E-state index contributed by atoms with van der Waals surface area (Å²) in [5, 5.41) is 3.87. The molecule has 0 aromatic heterocycles. The summed E-state index contributed by atoms with van der Waals surface area (Å²) in [4.78, 5) is 11.1. The van der Waals surface area contributed by atoms with Crippen molar-refractivity contribution in [1.82, 2.24) is 5.32 Å². The summed E-state index contributed by atoms with van der Waals surface area (Å²) < 4.78 is 0. The van der Waals surface area contributed by atoms with Gasteiger partial charge >= 0.3 is 0 Å². The second-order valence-electron chi connectivity index (χ2n) is 3.16. The highest BCUT2D eigenvalue weighted by molar-refractivity contribution is 6.33. The normalized spacial score (nSPS) is 11.5. The number of benzene rings is 1. The van der Waals surface area contributed by atoms with Crippen molar-refractivity contribution >= 4 is 41.5 Å². The lowest BCUT2D eigenvalue weighted by Crippen LogP contribution is -2.32. The van der Waals surface area contributed by atoms with Crippen LogP contribution in [-0.4, -0.2) is 12.5 Å². The summed E-state index contributed by atoms with van der Waals surface area (Å²) in [6.45, 7) is 1.79. The van der Waals surface area contributed by atoms with Gasteiger partial charge in [-0.25, -0.2) is 0 Å². The van der Waals surface area contributed by atoms with Crippen molar-refractivity contribution in [3.05, 3.63) is 33.8 Å². The van der Waals surface area contributed by atoms with E-state index in [1.165, 1.54) is 0 Å². The zero-order valence-electron chi connectivity index (χ0n) is 8.67. The van der Waals surface area contributed by atoms with Crippen molar-refractivity contribution < 1.29 is 4.79 Å². The fraction of sp³-hybridized carbons (Fsp3) is 0.300. The van der Waals surface area contributed by atoms with Crippen LogP contribution in [0.15, 0.2) is 18.2 Å². The third-order valence-electron chi connectivity index (χ3n) is 1.99. The predicted octanol–water partition coefficient (Wildman–Crippen LogP) is 2.55. The molecule has 0 fully saturated rings. The monoisotopic (exact) mass is 282 g/mol. The maximum Gasteiger partial charge on any atom is 0.234 e. The lowest BCUT2D eigenvalue weighted by molar-refractivity contribution is -0.120. The number of nitrogens with two attached hydrogens (primary N) is 1. The lowest BCUT2D eigenvalue weighted by atomic mass is 10.1.